The van der Waals surface area contributed by atoms with Gasteiger partial charge in [-0.1, -0.05) is 49.2 Å². The molecule has 0 saturated heterocycles. The van der Waals surface area contributed by atoms with Gasteiger partial charge in [0.25, 0.3) is 5.91 Å². The van der Waals surface area contributed by atoms with Crippen molar-refractivity contribution in [1.29, 1.82) is 0 Å². The van der Waals surface area contributed by atoms with Crippen molar-refractivity contribution < 1.29 is 14.0 Å². The molecule has 3 aromatic rings. The van der Waals surface area contributed by atoms with Crippen LogP contribution >= 0.6 is 0 Å². The van der Waals surface area contributed by atoms with Crippen LogP contribution in [0.3, 0.4) is 0 Å². The van der Waals surface area contributed by atoms with Crippen molar-refractivity contribution in [2.75, 3.05) is 10.6 Å². The van der Waals surface area contributed by atoms with Crippen LogP contribution in [0.5, 0.6) is 0 Å². The molecule has 4 nitrogen and oxygen atoms in total. The second-order valence-electron chi connectivity index (χ2n) is 7.65. The summed E-state index contributed by atoms with van der Waals surface area (Å²) in [6, 6.07) is 22.3. The summed E-state index contributed by atoms with van der Waals surface area (Å²) in [7, 11) is 0. The van der Waals surface area contributed by atoms with Crippen LogP contribution in [0.15, 0.2) is 78.9 Å². The molecule has 1 saturated carbocycles. The summed E-state index contributed by atoms with van der Waals surface area (Å²) in [5.41, 5.74) is 1.72. The average molecular weight is 402 g/mol. The fourth-order valence-corrected chi connectivity index (χ4v) is 4.13. The molecule has 2 amide bonds. The molecule has 1 aliphatic carbocycles. The Labute approximate surface area is 175 Å². The van der Waals surface area contributed by atoms with E-state index in [1.165, 1.54) is 12.1 Å². The van der Waals surface area contributed by atoms with Gasteiger partial charge in [0.1, 0.15) is 5.82 Å². The highest BCUT2D eigenvalue weighted by Crippen LogP contribution is 2.42. The Hall–Kier alpha value is -3.47. The fourth-order valence-electron chi connectivity index (χ4n) is 4.13. The number of nitrogens with one attached hydrogen (secondary N) is 2. The molecular formula is C25H23FN2O2. The minimum atomic E-state index is -0.731. The zero-order chi connectivity index (χ0) is 21.0. The first-order valence-corrected chi connectivity index (χ1v) is 10.1. The van der Waals surface area contributed by atoms with E-state index in [1.54, 1.807) is 54.6 Å². The van der Waals surface area contributed by atoms with E-state index in [0.29, 0.717) is 35.3 Å². The third-order valence-corrected chi connectivity index (χ3v) is 5.68. The molecule has 4 rings (SSSR count). The summed E-state index contributed by atoms with van der Waals surface area (Å²) in [6.45, 7) is 0. The van der Waals surface area contributed by atoms with Crippen LogP contribution < -0.4 is 10.6 Å². The second kappa shape index (κ2) is 8.49. The minimum absolute atomic E-state index is 0.142. The van der Waals surface area contributed by atoms with Crippen molar-refractivity contribution >= 4 is 23.2 Å². The number of carbonyl (C=O) groups excluding carboxylic acids is 2. The van der Waals surface area contributed by atoms with Gasteiger partial charge < -0.3 is 10.6 Å². The lowest BCUT2D eigenvalue weighted by molar-refractivity contribution is -0.121. The summed E-state index contributed by atoms with van der Waals surface area (Å²) in [4.78, 5) is 25.7. The van der Waals surface area contributed by atoms with Crippen LogP contribution in [-0.4, -0.2) is 11.8 Å². The molecule has 0 bridgehead atoms. The van der Waals surface area contributed by atoms with Crippen molar-refractivity contribution in [3.63, 3.8) is 0 Å². The molecule has 1 aliphatic rings. The number of amides is 2. The Morgan fingerprint density at radius 1 is 0.767 bits per heavy atom. The lowest BCUT2D eigenvalue weighted by atomic mass is 9.78. The predicted molar refractivity (Wildman–Crippen MR) is 116 cm³/mol. The van der Waals surface area contributed by atoms with E-state index >= 15 is 0 Å². The SMILES string of the molecule is O=C(Nc1cccc(NC(=O)C2(c3cccc(F)c3)CCCC2)c1)c1ccccc1. The van der Waals surface area contributed by atoms with Gasteiger partial charge >= 0.3 is 0 Å². The van der Waals surface area contributed by atoms with Gasteiger partial charge in [0, 0.05) is 16.9 Å². The van der Waals surface area contributed by atoms with E-state index in [9.17, 15) is 14.0 Å². The molecule has 0 atom stereocenters. The Morgan fingerprint density at radius 2 is 1.43 bits per heavy atom. The quantitative estimate of drug-likeness (QED) is 0.590. The number of hydrogen-bond acceptors (Lipinski definition) is 2. The fraction of sp³-hybridized carbons (Fsp3) is 0.200. The van der Waals surface area contributed by atoms with Gasteiger partial charge in [-0.2, -0.15) is 0 Å². The number of carbonyl (C=O) groups is 2. The smallest absolute Gasteiger partial charge is 0.255 e. The third kappa shape index (κ3) is 4.10. The summed E-state index contributed by atoms with van der Waals surface area (Å²) >= 11 is 0. The van der Waals surface area contributed by atoms with E-state index in [1.807, 2.05) is 12.1 Å². The summed E-state index contributed by atoms with van der Waals surface area (Å²) < 4.78 is 13.8. The first-order chi connectivity index (χ1) is 14.6. The third-order valence-electron chi connectivity index (χ3n) is 5.68. The van der Waals surface area contributed by atoms with Crippen LogP contribution in [-0.2, 0) is 10.2 Å². The molecule has 0 spiro atoms. The van der Waals surface area contributed by atoms with Crippen molar-refractivity contribution in [2.45, 2.75) is 31.1 Å². The molecule has 30 heavy (non-hydrogen) atoms. The van der Waals surface area contributed by atoms with Gasteiger partial charge in [-0.3, -0.25) is 9.59 Å². The van der Waals surface area contributed by atoms with Crippen molar-refractivity contribution in [2.24, 2.45) is 0 Å². The zero-order valence-corrected chi connectivity index (χ0v) is 16.5. The maximum Gasteiger partial charge on any atom is 0.255 e. The van der Waals surface area contributed by atoms with Crippen LogP contribution in [0.25, 0.3) is 0 Å². The molecule has 1 fully saturated rings. The first-order valence-electron chi connectivity index (χ1n) is 10.1. The maximum absolute atomic E-state index is 13.8. The first kappa shape index (κ1) is 19.8. The number of halogens is 1. The second-order valence-corrected chi connectivity index (χ2v) is 7.65. The predicted octanol–water partition coefficient (Wildman–Crippen LogP) is 5.53. The van der Waals surface area contributed by atoms with Gasteiger partial charge in [-0.25, -0.2) is 4.39 Å². The van der Waals surface area contributed by atoms with Crippen molar-refractivity contribution in [3.8, 4) is 0 Å². The lowest BCUT2D eigenvalue weighted by Gasteiger charge is -2.28. The molecule has 3 aromatic carbocycles. The van der Waals surface area contributed by atoms with Crippen LogP contribution in [0.4, 0.5) is 15.8 Å². The summed E-state index contributed by atoms with van der Waals surface area (Å²) in [5.74, 6) is -0.694. The van der Waals surface area contributed by atoms with Gasteiger partial charge in [0.05, 0.1) is 5.41 Å². The molecule has 0 unspecified atom stereocenters. The van der Waals surface area contributed by atoms with Crippen molar-refractivity contribution in [3.05, 3.63) is 95.8 Å². The Bertz CT molecular complexity index is 1060. The van der Waals surface area contributed by atoms with E-state index in [0.717, 1.165) is 12.8 Å². The Kier molecular flexibility index (Phi) is 5.61. The minimum Gasteiger partial charge on any atom is -0.325 e. The van der Waals surface area contributed by atoms with Gasteiger partial charge in [0.15, 0.2) is 0 Å². The Balaban J connectivity index is 1.53. The molecule has 0 aromatic heterocycles. The molecule has 0 aliphatic heterocycles. The normalized spacial score (nSPS) is 14.8. The van der Waals surface area contributed by atoms with Crippen LogP contribution in [0, 0.1) is 5.82 Å². The molecule has 0 heterocycles. The molecule has 5 heteroatoms. The monoisotopic (exact) mass is 402 g/mol. The standard InChI is InChI=1S/C25H23FN2O2/c26-20-11-6-10-19(16-20)25(14-4-5-15-25)24(30)28-22-13-7-12-21(17-22)27-23(29)18-8-2-1-3-9-18/h1-3,6-13,16-17H,4-5,14-15H2,(H,27,29)(H,28,30). The van der Waals surface area contributed by atoms with Gasteiger partial charge in [-0.05, 0) is 60.9 Å². The average Bonchev–Trinajstić information content (AvgIpc) is 3.26. The highest BCUT2D eigenvalue weighted by atomic mass is 19.1. The number of rotatable bonds is 5. The molecule has 2 N–H and O–H groups in total. The van der Waals surface area contributed by atoms with E-state index in [2.05, 4.69) is 10.6 Å². The largest absolute Gasteiger partial charge is 0.325 e. The van der Waals surface area contributed by atoms with E-state index in [4.69, 9.17) is 0 Å². The zero-order valence-electron chi connectivity index (χ0n) is 16.5. The number of anilines is 2. The summed E-state index contributed by atoms with van der Waals surface area (Å²) in [5, 5.41) is 5.83. The number of hydrogen-bond donors (Lipinski definition) is 2. The topological polar surface area (TPSA) is 58.2 Å². The maximum atomic E-state index is 13.8. The molecule has 0 radical (unpaired) electrons. The van der Waals surface area contributed by atoms with E-state index in [-0.39, 0.29) is 17.6 Å². The highest BCUT2D eigenvalue weighted by Gasteiger charge is 2.42. The highest BCUT2D eigenvalue weighted by molar-refractivity contribution is 6.05. The molecule has 152 valence electrons. The lowest BCUT2D eigenvalue weighted by Crippen LogP contribution is -2.38. The number of benzene rings is 3. The Morgan fingerprint density at radius 3 is 2.13 bits per heavy atom. The molecular weight excluding hydrogens is 379 g/mol. The summed E-state index contributed by atoms with van der Waals surface area (Å²) in [6.07, 6.45) is 3.23. The van der Waals surface area contributed by atoms with Gasteiger partial charge in [0.2, 0.25) is 5.91 Å². The van der Waals surface area contributed by atoms with Crippen LogP contribution in [0.2, 0.25) is 0 Å². The van der Waals surface area contributed by atoms with Crippen LogP contribution in [0.1, 0.15) is 41.6 Å². The van der Waals surface area contributed by atoms with Gasteiger partial charge in [-0.15, -0.1) is 0 Å². The van der Waals surface area contributed by atoms with E-state index < -0.39 is 5.41 Å². The van der Waals surface area contributed by atoms with Crippen molar-refractivity contribution in [1.82, 2.24) is 0 Å².